The monoisotopic (exact) mass is 369 g/mol. The van der Waals surface area contributed by atoms with Crippen LogP contribution in [0.2, 0.25) is 0 Å². The fourth-order valence-corrected chi connectivity index (χ4v) is 2.12. The highest BCUT2D eigenvalue weighted by molar-refractivity contribution is 14.1. The van der Waals surface area contributed by atoms with E-state index in [1.807, 2.05) is 13.0 Å². The highest BCUT2D eigenvalue weighted by Crippen LogP contribution is 2.29. The van der Waals surface area contributed by atoms with Crippen LogP contribution in [0.3, 0.4) is 0 Å². The standard InChI is InChI=1S/C10H13BrINO/c1-6(13)3-7-4-9(12)8(11)5-10(7)14-2/h4-6H,3,13H2,1-2H3. The van der Waals surface area contributed by atoms with Crippen LogP contribution in [0.5, 0.6) is 5.75 Å². The van der Waals surface area contributed by atoms with Crippen molar-refractivity contribution < 1.29 is 4.74 Å². The molecular formula is C10H13BrINO. The molecule has 1 atom stereocenters. The van der Waals surface area contributed by atoms with Gasteiger partial charge in [0.2, 0.25) is 0 Å². The van der Waals surface area contributed by atoms with Gasteiger partial charge in [0.15, 0.2) is 0 Å². The molecule has 1 aromatic rings. The molecule has 0 aliphatic heterocycles. The van der Waals surface area contributed by atoms with Gasteiger partial charge in [-0.3, -0.25) is 0 Å². The van der Waals surface area contributed by atoms with Crippen molar-refractivity contribution in [3.8, 4) is 5.75 Å². The van der Waals surface area contributed by atoms with Gasteiger partial charge in [-0.1, -0.05) is 0 Å². The molecule has 0 heterocycles. The number of rotatable bonds is 3. The first-order valence-corrected chi connectivity index (χ1v) is 6.19. The van der Waals surface area contributed by atoms with Crippen LogP contribution in [0, 0.1) is 3.57 Å². The molecule has 0 saturated carbocycles. The number of hydrogen-bond donors (Lipinski definition) is 1. The summed E-state index contributed by atoms with van der Waals surface area (Å²) in [6.45, 7) is 1.99. The van der Waals surface area contributed by atoms with E-state index in [9.17, 15) is 0 Å². The first-order chi connectivity index (χ1) is 6.54. The van der Waals surface area contributed by atoms with Crippen molar-refractivity contribution in [3.63, 3.8) is 0 Å². The quantitative estimate of drug-likeness (QED) is 0.831. The summed E-state index contributed by atoms with van der Waals surface area (Å²) in [4.78, 5) is 0. The first kappa shape index (κ1) is 12.3. The van der Waals surface area contributed by atoms with Gasteiger partial charge in [-0.2, -0.15) is 0 Å². The van der Waals surface area contributed by atoms with Gasteiger partial charge >= 0.3 is 0 Å². The molecule has 78 valence electrons. The fourth-order valence-electron chi connectivity index (χ4n) is 1.27. The molecule has 0 spiro atoms. The van der Waals surface area contributed by atoms with Gasteiger partial charge in [0.1, 0.15) is 5.75 Å². The van der Waals surface area contributed by atoms with Gasteiger partial charge in [0.25, 0.3) is 0 Å². The van der Waals surface area contributed by atoms with Crippen LogP contribution >= 0.6 is 38.5 Å². The van der Waals surface area contributed by atoms with Gasteiger partial charge in [0.05, 0.1) is 7.11 Å². The van der Waals surface area contributed by atoms with Crippen molar-refractivity contribution in [2.24, 2.45) is 5.73 Å². The fraction of sp³-hybridized carbons (Fsp3) is 0.400. The summed E-state index contributed by atoms with van der Waals surface area (Å²) in [5, 5.41) is 0. The summed E-state index contributed by atoms with van der Waals surface area (Å²) in [7, 11) is 1.68. The SMILES string of the molecule is COc1cc(Br)c(I)cc1CC(C)N. The third-order valence-electron chi connectivity index (χ3n) is 1.87. The molecule has 2 N–H and O–H groups in total. The van der Waals surface area contributed by atoms with Crippen molar-refractivity contribution in [2.75, 3.05) is 7.11 Å². The van der Waals surface area contributed by atoms with Crippen LogP contribution in [0.4, 0.5) is 0 Å². The number of methoxy groups -OCH3 is 1. The summed E-state index contributed by atoms with van der Waals surface area (Å²) in [6.07, 6.45) is 0.840. The molecule has 2 nitrogen and oxygen atoms in total. The summed E-state index contributed by atoms with van der Waals surface area (Å²) >= 11 is 5.75. The number of benzene rings is 1. The van der Waals surface area contributed by atoms with E-state index in [1.165, 1.54) is 3.57 Å². The second kappa shape index (κ2) is 5.32. The maximum atomic E-state index is 5.77. The molecule has 0 bridgehead atoms. The Balaban J connectivity index is 3.07. The molecule has 4 heteroatoms. The molecule has 0 amide bonds. The second-order valence-corrected chi connectivity index (χ2v) is 5.28. The summed E-state index contributed by atoms with van der Waals surface area (Å²) in [5.41, 5.74) is 6.93. The average molecular weight is 370 g/mol. The third-order valence-corrected chi connectivity index (χ3v) is 4.16. The van der Waals surface area contributed by atoms with Crippen molar-refractivity contribution >= 4 is 38.5 Å². The Kier molecular flexibility index (Phi) is 4.66. The number of hydrogen-bond acceptors (Lipinski definition) is 2. The van der Waals surface area contributed by atoms with Crippen molar-refractivity contribution in [2.45, 2.75) is 19.4 Å². The zero-order valence-corrected chi connectivity index (χ0v) is 11.9. The lowest BCUT2D eigenvalue weighted by Crippen LogP contribution is -2.18. The Labute approximate surface area is 106 Å². The van der Waals surface area contributed by atoms with E-state index in [0.717, 1.165) is 22.2 Å². The average Bonchev–Trinajstić information content (AvgIpc) is 2.10. The zero-order chi connectivity index (χ0) is 10.7. The minimum atomic E-state index is 0.154. The van der Waals surface area contributed by atoms with Crippen LogP contribution in [-0.4, -0.2) is 13.2 Å². The molecular weight excluding hydrogens is 357 g/mol. The summed E-state index contributed by atoms with van der Waals surface area (Å²) < 4.78 is 7.53. The van der Waals surface area contributed by atoms with Gasteiger partial charge in [-0.05, 0) is 69.6 Å². The van der Waals surface area contributed by atoms with Crippen LogP contribution in [0.25, 0.3) is 0 Å². The molecule has 0 aliphatic carbocycles. The smallest absolute Gasteiger partial charge is 0.123 e. The zero-order valence-electron chi connectivity index (χ0n) is 8.18. The Bertz CT molecular complexity index is 328. The maximum Gasteiger partial charge on any atom is 0.123 e. The lowest BCUT2D eigenvalue weighted by atomic mass is 10.1. The van der Waals surface area contributed by atoms with Gasteiger partial charge in [-0.25, -0.2) is 0 Å². The van der Waals surface area contributed by atoms with Crippen molar-refractivity contribution in [1.29, 1.82) is 0 Å². The molecule has 1 aromatic carbocycles. The van der Waals surface area contributed by atoms with E-state index in [0.29, 0.717) is 0 Å². The molecule has 1 unspecified atom stereocenters. The van der Waals surface area contributed by atoms with Gasteiger partial charge in [-0.15, -0.1) is 0 Å². The Hall–Kier alpha value is 0.190. The number of nitrogens with two attached hydrogens (primary N) is 1. The molecule has 0 aliphatic rings. The van der Waals surface area contributed by atoms with Crippen molar-refractivity contribution in [1.82, 2.24) is 0 Å². The Morgan fingerprint density at radius 1 is 1.57 bits per heavy atom. The number of ether oxygens (including phenoxy) is 1. The van der Waals surface area contributed by atoms with E-state index >= 15 is 0 Å². The summed E-state index contributed by atoms with van der Waals surface area (Å²) in [6, 6.07) is 4.24. The van der Waals surface area contributed by atoms with E-state index in [4.69, 9.17) is 10.5 Å². The largest absolute Gasteiger partial charge is 0.496 e. The Morgan fingerprint density at radius 2 is 2.21 bits per heavy atom. The van der Waals surface area contributed by atoms with Crippen LogP contribution in [-0.2, 0) is 6.42 Å². The van der Waals surface area contributed by atoms with E-state index < -0.39 is 0 Å². The van der Waals surface area contributed by atoms with E-state index in [1.54, 1.807) is 7.11 Å². The maximum absolute atomic E-state index is 5.77. The van der Waals surface area contributed by atoms with E-state index in [-0.39, 0.29) is 6.04 Å². The predicted molar refractivity (Wildman–Crippen MR) is 70.8 cm³/mol. The highest BCUT2D eigenvalue weighted by Gasteiger charge is 2.08. The topological polar surface area (TPSA) is 35.2 Å². The third kappa shape index (κ3) is 3.10. The van der Waals surface area contributed by atoms with Crippen LogP contribution in [0.1, 0.15) is 12.5 Å². The predicted octanol–water partition coefficient (Wildman–Crippen LogP) is 2.95. The lowest BCUT2D eigenvalue weighted by Gasteiger charge is -2.12. The van der Waals surface area contributed by atoms with Gasteiger partial charge in [0, 0.05) is 14.1 Å². The summed E-state index contributed by atoms with van der Waals surface area (Å²) in [5.74, 6) is 0.898. The second-order valence-electron chi connectivity index (χ2n) is 3.26. The van der Waals surface area contributed by atoms with Crippen molar-refractivity contribution in [3.05, 3.63) is 25.7 Å². The van der Waals surface area contributed by atoms with E-state index in [2.05, 4.69) is 44.6 Å². The van der Waals surface area contributed by atoms with Gasteiger partial charge < -0.3 is 10.5 Å². The molecule has 0 fully saturated rings. The highest BCUT2D eigenvalue weighted by atomic mass is 127. The normalized spacial score (nSPS) is 12.6. The molecule has 1 rings (SSSR count). The molecule has 0 radical (unpaired) electrons. The molecule has 0 aromatic heterocycles. The number of halogens is 2. The molecule has 0 saturated heterocycles. The lowest BCUT2D eigenvalue weighted by molar-refractivity contribution is 0.408. The van der Waals surface area contributed by atoms with Crippen LogP contribution < -0.4 is 10.5 Å². The van der Waals surface area contributed by atoms with Crippen LogP contribution in [0.15, 0.2) is 16.6 Å². The Morgan fingerprint density at radius 3 is 2.71 bits per heavy atom. The first-order valence-electron chi connectivity index (χ1n) is 4.32. The molecule has 14 heavy (non-hydrogen) atoms. The minimum absolute atomic E-state index is 0.154. The minimum Gasteiger partial charge on any atom is -0.496 e.